The minimum Gasteiger partial charge on any atom is -0.464 e. The average Bonchev–Trinajstić information content (AvgIpc) is 3.38. The Balaban J connectivity index is 1.63. The molecule has 4 aromatic rings. The van der Waals surface area contributed by atoms with Gasteiger partial charge in [-0.15, -0.1) is 0 Å². The maximum absolute atomic E-state index is 13.4. The Hall–Kier alpha value is -3.54. The highest BCUT2D eigenvalue weighted by Crippen LogP contribution is 2.43. The molecule has 3 atom stereocenters. The summed E-state index contributed by atoms with van der Waals surface area (Å²) in [6.07, 6.45) is 2.19. The second kappa shape index (κ2) is 5.98. The number of amides is 2. The SMILES string of the molecule is CC1C(=O)N2C(Cc3c([nH]c4ccccc34)C2c2ccc3occc3c2)C(=O)N1C. The van der Waals surface area contributed by atoms with Crippen LogP contribution in [0, 0.1) is 0 Å². The lowest BCUT2D eigenvalue weighted by molar-refractivity contribution is -0.162. The second-order valence-electron chi connectivity index (χ2n) is 8.27. The Morgan fingerprint density at radius 3 is 2.77 bits per heavy atom. The number of benzene rings is 2. The van der Waals surface area contributed by atoms with Crippen LogP contribution in [0.1, 0.15) is 29.8 Å². The molecular formula is C24H21N3O3. The fraction of sp³-hybridized carbons (Fsp3) is 0.250. The number of para-hydroxylation sites is 1. The van der Waals surface area contributed by atoms with Gasteiger partial charge >= 0.3 is 0 Å². The van der Waals surface area contributed by atoms with Crippen LogP contribution in [-0.2, 0) is 16.0 Å². The zero-order valence-electron chi connectivity index (χ0n) is 16.8. The number of likely N-dealkylation sites (N-methyl/N-ethyl adjacent to an activating group) is 1. The number of aromatic amines is 1. The second-order valence-corrected chi connectivity index (χ2v) is 8.27. The summed E-state index contributed by atoms with van der Waals surface area (Å²) in [5.41, 5.74) is 4.91. The van der Waals surface area contributed by atoms with Crippen LogP contribution in [0.5, 0.6) is 0 Å². The summed E-state index contributed by atoms with van der Waals surface area (Å²) in [6.45, 7) is 1.80. The fourth-order valence-corrected chi connectivity index (χ4v) is 5.06. The lowest BCUT2D eigenvalue weighted by Crippen LogP contribution is -2.65. The molecule has 1 N–H and O–H groups in total. The Morgan fingerprint density at radius 2 is 1.90 bits per heavy atom. The normalized spacial score (nSPS) is 23.9. The topological polar surface area (TPSA) is 69.5 Å². The molecule has 0 aliphatic carbocycles. The van der Waals surface area contributed by atoms with E-state index in [1.165, 1.54) is 0 Å². The number of rotatable bonds is 1. The molecule has 30 heavy (non-hydrogen) atoms. The minimum atomic E-state index is -0.504. The summed E-state index contributed by atoms with van der Waals surface area (Å²) < 4.78 is 5.50. The maximum atomic E-state index is 13.4. The van der Waals surface area contributed by atoms with Crippen molar-refractivity contribution in [1.82, 2.24) is 14.8 Å². The van der Waals surface area contributed by atoms with E-state index in [1.54, 1.807) is 30.0 Å². The van der Waals surface area contributed by atoms with Gasteiger partial charge in [0.25, 0.3) is 0 Å². The molecule has 2 aromatic heterocycles. The van der Waals surface area contributed by atoms with Gasteiger partial charge in [0.2, 0.25) is 11.8 Å². The van der Waals surface area contributed by atoms with Crippen molar-refractivity contribution < 1.29 is 14.0 Å². The van der Waals surface area contributed by atoms with Gasteiger partial charge in [0.15, 0.2) is 0 Å². The highest BCUT2D eigenvalue weighted by molar-refractivity contribution is 5.99. The van der Waals surface area contributed by atoms with Gasteiger partial charge in [-0.05, 0) is 42.3 Å². The Kier molecular flexibility index (Phi) is 3.46. The molecule has 0 radical (unpaired) electrons. The summed E-state index contributed by atoms with van der Waals surface area (Å²) in [6, 6.07) is 14.7. The van der Waals surface area contributed by atoms with Gasteiger partial charge in [0.1, 0.15) is 17.7 Å². The summed E-state index contributed by atoms with van der Waals surface area (Å²) in [5, 5.41) is 2.09. The molecule has 0 saturated carbocycles. The molecular weight excluding hydrogens is 378 g/mol. The smallest absolute Gasteiger partial charge is 0.246 e. The number of hydrogen-bond acceptors (Lipinski definition) is 3. The molecule has 2 aromatic carbocycles. The Bertz CT molecular complexity index is 1330. The van der Waals surface area contributed by atoms with E-state index in [1.807, 2.05) is 36.4 Å². The highest BCUT2D eigenvalue weighted by Gasteiger charge is 2.50. The molecule has 0 spiro atoms. The predicted octanol–water partition coefficient (Wildman–Crippen LogP) is 3.62. The standard InChI is InChI=1S/C24H21N3O3/c1-13-23(28)27-19(24(29)26(13)2)12-17-16-5-3-4-6-18(16)25-21(17)22(27)15-7-8-20-14(11-15)9-10-30-20/h3-11,13,19,22,25H,12H2,1-2H3. The van der Waals surface area contributed by atoms with Crippen LogP contribution >= 0.6 is 0 Å². The molecule has 6 nitrogen and oxygen atoms in total. The first kappa shape index (κ1) is 17.3. The number of carbonyl (C=O) groups excluding carboxylic acids is 2. The monoisotopic (exact) mass is 399 g/mol. The van der Waals surface area contributed by atoms with Crippen molar-refractivity contribution in [2.45, 2.75) is 31.5 Å². The van der Waals surface area contributed by atoms with Crippen molar-refractivity contribution in [3.05, 3.63) is 71.6 Å². The van der Waals surface area contributed by atoms with E-state index in [-0.39, 0.29) is 17.9 Å². The van der Waals surface area contributed by atoms with Crippen LogP contribution in [0.15, 0.2) is 59.2 Å². The highest BCUT2D eigenvalue weighted by atomic mass is 16.3. The van der Waals surface area contributed by atoms with Crippen LogP contribution in [0.4, 0.5) is 0 Å². The van der Waals surface area contributed by atoms with E-state index in [0.717, 1.165) is 38.7 Å². The lowest BCUT2D eigenvalue weighted by Gasteiger charge is -2.48. The molecule has 6 heteroatoms. The molecule has 0 bridgehead atoms. The van der Waals surface area contributed by atoms with Crippen molar-refractivity contribution in [3.63, 3.8) is 0 Å². The van der Waals surface area contributed by atoms with Crippen molar-refractivity contribution >= 4 is 33.7 Å². The van der Waals surface area contributed by atoms with Crippen LogP contribution in [0.25, 0.3) is 21.9 Å². The molecule has 3 unspecified atom stereocenters. The lowest BCUT2D eigenvalue weighted by atomic mass is 9.85. The molecule has 1 saturated heterocycles. The van der Waals surface area contributed by atoms with Gasteiger partial charge in [0.05, 0.1) is 12.3 Å². The fourth-order valence-electron chi connectivity index (χ4n) is 5.06. The zero-order chi connectivity index (χ0) is 20.6. The quantitative estimate of drug-likeness (QED) is 0.532. The predicted molar refractivity (Wildman–Crippen MR) is 113 cm³/mol. The van der Waals surface area contributed by atoms with Gasteiger partial charge in [-0.3, -0.25) is 9.59 Å². The van der Waals surface area contributed by atoms with Crippen LogP contribution in [0.3, 0.4) is 0 Å². The first-order valence-electron chi connectivity index (χ1n) is 10.2. The largest absolute Gasteiger partial charge is 0.464 e. The summed E-state index contributed by atoms with van der Waals surface area (Å²) in [7, 11) is 1.72. The first-order chi connectivity index (χ1) is 14.5. The number of hydrogen-bond donors (Lipinski definition) is 1. The minimum absolute atomic E-state index is 0.00702. The molecule has 1 fully saturated rings. The van der Waals surface area contributed by atoms with Gasteiger partial charge in [0, 0.05) is 35.5 Å². The van der Waals surface area contributed by atoms with E-state index in [2.05, 4.69) is 17.1 Å². The van der Waals surface area contributed by atoms with Crippen LogP contribution < -0.4 is 0 Å². The Labute approximate surface area is 173 Å². The first-order valence-corrected chi connectivity index (χ1v) is 10.2. The van der Waals surface area contributed by atoms with Crippen molar-refractivity contribution in [1.29, 1.82) is 0 Å². The van der Waals surface area contributed by atoms with Crippen molar-refractivity contribution in [2.24, 2.45) is 0 Å². The van der Waals surface area contributed by atoms with E-state index in [9.17, 15) is 9.59 Å². The van der Waals surface area contributed by atoms with Crippen molar-refractivity contribution in [2.75, 3.05) is 7.05 Å². The van der Waals surface area contributed by atoms with E-state index >= 15 is 0 Å². The summed E-state index contributed by atoms with van der Waals surface area (Å²) in [4.78, 5) is 33.6. The summed E-state index contributed by atoms with van der Waals surface area (Å²) >= 11 is 0. The number of H-pyrrole nitrogens is 1. The van der Waals surface area contributed by atoms with Gasteiger partial charge in [-0.25, -0.2) is 0 Å². The van der Waals surface area contributed by atoms with E-state index in [4.69, 9.17) is 4.42 Å². The number of nitrogens with zero attached hydrogens (tertiary/aromatic N) is 2. The average molecular weight is 399 g/mol. The molecule has 2 aliphatic rings. The Morgan fingerprint density at radius 1 is 1.07 bits per heavy atom. The number of piperazine rings is 1. The van der Waals surface area contributed by atoms with Crippen LogP contribution in [-0.4, -0.2) is 45.7 Å². The molecule has 2 aliphatic heterocycles. The number of furan rings is 1. The zero-order valence-corrected chi connectivity index (χ0v) is 16.8. The third-order valence-corrected chi connectivity index (χ3v) is 6.75. The number of nitrogens with one attached hydrogen (secondary N) is 1. The maximum Gasteiger partial charge on any atom is 0.246 e. The van der Waals surface area contributed by atoms with Crippen molar-refractivity contribution in [3.8, 4) is 0 Å². The third-order valence-electron chi connectivity index (χ3n) is 6.75. The number of aromatic nitrogens is 1. The van der Waals surface area contributed by atoms with Gasteiger partial charge in [-0.2, -0.15) is 0 Å². The van der Waals surface area contributed by atoms with E-state index in [0.29, 0.717) is 6.42 Å². The molecule has 150 valence electrons. The molecule has 6 rings (SSSR count). The molecule has 4 heterocycles. The van der Waals surface area contributed by atoms with E-state index < -0.39 is 12.1 Å². The van der Waals surface area contributed by atoms with Gasteiger partial charge < -0.3 is 19.2 Å². The number of carbonyl (C=O) groups is 2. The summed E-state index contributed by atoms with van der Waals surface area (Å²) in [5.74, 6) is -0.0314. The molecule has 2 amide bonds. The number of fused-ring (bicyclic) bond motifs is 5. The van der Waals surface area contributed by atoms with Crippen LogP contribution in [0.2, 0.25) is 0 Å². The third kappa shape index (κ3) is 2.19. The van der Waals surface area contributed by atoms with Gasteiger partial charge in [-0.1, -0.05) is 24.3 Å².